The minimum atomic E-state index is -0.985. The van der Waals surface area contributed by atoms with Gasteiger partial charge in [0.1, 0.15) is 11.4 Å². The van der Waals surface area contributed by atoms with E-state index < -0.39 is 22.8 Å². The second-order valence-corrected chi connectivity index (χ2v) is 5.83. The number of hydrogen-bond acceptors (Lipinski definition) is 7. The zero-order valence-electron chi connectivity index (χ0n) is 13.6. The van der Waals surface area contributed by atoms with Gasteiger partial charge < -0.3 is 19.2 Å². The fourth-order valence-corrected chi connectivity index (χ4v) is 2.84. The van der Waals surface area contributed by atoms with Crippen LogP contribution in [-0.4, -0.2) is 25.6 Å². The van der Waals surface area contributed by atoms with Crippen LogP contribution in [0, 0.1) is 11.6 Å². The monoisotopic (exact) mass is 368 g/mol. The summed E-state index contributed by atoms with van der Waals surface area (Å²) in [5.41, 5.74) is -0.589. The molecule has 25 heavy (non-hydrogen) atoms. The molecule has 0 radical (unpaired) electrons. The van der Waals surface area contributed by atoms with Gasteiger partial charge in [-0.2, -0.15) is 0 Å². The Morgan fingerprint density at radius 3 is 2.40 bits per heavy atom. The van der Waals surface area contributed by atoms with E-state index in [4.69, 9.17) is 13.9 Å². The second kappa shape index (κ2) is 6.75. The molecule has 3 rings (SSSR count). The van der Waals surface area contributed by atoms with Crippen molar-refractivity contribution in [3.63, 3.8) is 0 Å². The third-order valence-electron chi connectivity index (χ3n) is 3.67. The maximum absolute atomic E-state index is 14.6. The van der Waals surface area contributed by atoms with Crippen LogP contribution in [0.15, 0.2) is 26.3 Å². The number of fused-ring (bicyclic) bond motifs is 1. The Balaban J connectivity index is 2.20. The molecule has 0 unspecified atom stereocenters. The average Bonchev–Trinajstić information content (AvgIpc) is 2.62. The Morgan fingerprint density at radius 1 is 1.20 bits per heavy atom. The van der Waals surface area contributed by atoms with Crippen LogP contribution in [-0.2, 0) is 6.54 Å². The summed E-state index contributed by atoms with van der Waals surface area (Å²) in [7, 11) is 2.48. The maximum Gasteiger partial charge on any atom is 0.360 e. The van der Waals surface area contributed by atoms with Crippen molar-refractivity contribution in [3.05, 3.63) is 39.8 Å². The molecule has 0 saturated carbocycles. The maximum atomic E-state index is 14.6. The molecular weight excluding hydrogens is 354 g/mol. The van der Waals surface area contributed by atoms with Gasteiger partial charge in [0.15, 0.2) is 28.3 Å². The minimum absolute atomic E-state index is 0.196. The highest BCUT2D eigenvalue weighted by molar-refractivity contribution is 8.13. The van der Waals surface area contributed by atoms with Crippen molar-refractivity contribution in [1.29, 1.82) is 0 Å². The van der Waals surface area contributed by atoms with Gasteiger partial charge in [0, 0.05) is 11.6 Å². The normalized spacial score (nSPS) is 12.9. The first-order valence-electron chi connectivity index (χ1n) is 7.13. The van der Waals surface area contributed by atoms with Crippen LogP contribution in [0.1, 0.15) is 5.56 Å². The van der Waals surface area contributed by atoms with Crippen LogP contribution in [0.4, 0.5) is 14.5 Å². The zero-order chi connectivity index (χ0) is 18.1. The van der Waals surface area contributed by atoms with Crippen molar-refractivity contribution in [1.82, 2.24) is 0 Å². The fraction of sp³-hybridized carbons (Fsp3) is 0.250. The van der Waals surface area contributed by atoms with Crippen molar-refractivity contribution in [3.8, 4) is 22.8 Å². The van der Waals surface area contributed by atoms with Crippen molar-refractivity contribution in [2.75, 3.05) is 25.8 Å². The summed E-state index contributed by atoms with van der Waals surface area (Å²) in [5, 5.41) is 3.40. The fourth-order valence-electron chi connectivity index (χ4n) is 2.44. The third kappa shape index (κ3) is 2.95. The molecule has 0 amide bonds. The number of nitrogens with zero attached hydrogens (tertiary/aromatic N) is 1. The summed E-state index contributed by atoms with van der Waals surface area (Å²) >= 11 is 1.34. The van der Waals surface area contributed by atoms with E-state index in [0.29, 0.717) is 10.7 Å². The first-order chi connectivity index (χ1) is 12.0. The lowest BCUT2D eigenvalue weighted by atomic mass is 10.1. The average molecular weight is 368 g/mol. The van der Waals surface area contributed by atoms with Crippen LogP contribution >= 0.6 is 11.8 Å². The largest absolute Gasteiger partial charge is 0.494 e. The lowest BCUT2D eigenvalue weighted by Gasteiger charge is -2.17. The van der Waals surface area contributed by atoms with E-state index in [1.165, 1.54) is 32.0 Å². The number of thioether (sulfide) groups is 1. The molecule has 0 saturated heterocycles. The quantitative estimate of drug-likeness (QED) is 0.897. The highest BCUT2D eigenvalue weighted by Gasteiger charge is 2.26. The molecular formula is C16H14F2N2O4S. The van der Waals surface area contributed by atoms with E-state index >= 15 is 0 Å². The minimum Gasteiger partial charge on any atom is -0.494 e. The summed E-state index contributed by atoms with van der Waals surface area (Å²) < 4.78 is 44.1. The van der Waals surface area contributed by atoms with Gasteiger partial charge in [0.2, 0.25) is 0 Å². The van der Waals surface area contributed by atoms with Crippen molar-refractivity contribution in [2.24, 2.45) is 4.99 Å². The van der Waals surface area contributed by atoms with Gasteiger partial charge in [-0.15, -0.1) is 0 Å². The number of aliphatic imine (C=N–C) groups is 1. The van der Waals surface area contributed by atoms with Gasteiger partial charge in [-0.3, -0.25) is 4.99 Å². The standard InChI is InChI=1S/C16H14F2N2O4S/c1-22-9-5-10(23-2)13(18)11(12(9)17)8-4-7-6-19-16(25-3)20-14(7)15(21)24-8/h4-5H,6H2,1-3H3,(H,19,20). The van der Waals surface area contributed by atoms with Crippen LogP contribution in [0.5, 0.6) is 11.5 Å². The molecule has 2 aromatic rings. The van der Waals surface area contributed by atoms with Gasteiger partial charge in [-0.05, 0) is 12.3 Å². The number of benzene rings is 1. The third-order valence-corrected chi connectivity index (χ3v) is 4.29. The predicted molar refractivity (Wildman–Crippen MR) is 91.7 cm³/mol. The Kier molecular flexibility index (Phi) is 4.67. The Morgan fingerprint density at radius 2 is 1.84 bits per heavy atom. The molecule has 0 aliphatic carbocycles. The molecule has 1 aliphatic heterocycles. The molecule has 1 aromatic carbocycles. The van der Waals surface area contributed by atoms with E-state index in [2.05, 4.69) is 10.3 Å². The number of ether oxygens (including phenoxy) is 2. The molecule has 9 heteroatoms. The Labute approximate surface area is 145 Å². The first kappa shape index (κ1) is 17.3. The summed E-state index contributed by atoms with van der Waals surface area (Å²) in [6, 6.07) is 2.46. The number of nitrogens with one attached hydrogen (secondary N) is 1. The Hall–Kier alpha value is -2.55. The highest BCUT2D eigenvalue weighted by atomic mass is 32.2. The lowest BCUT2D eigenvalue weighted by Crippen LogP contribution is -2.21. The van der Waals surface area contributed by atoms with Crippen LogP contribution in [0.25, 0.3) is 11.3 Å². The molecule has 1 N–H and O–H groups in total. The number of hydrogen-bond donors (Lipinski definition) is 1. The molecule has 1 aromatic heterocycles. The van der Waals surface area contributed by atoms with Gasteiger partial charge >= 0.3 is 5.63 Å². The van der Waals surface area contributed by atoms with Crippen LogP contribution in [0.3, 0.4) is 0 Å². The molecule has 6 nitrogen and oxygen atoms in total. The lowest BCUT2D eigenvalue weighted by molar-refractivity contribution is 0.358. The molecule has 0 bridgehead atoms. The zero-order valence-corrected chi connectivity index (χ0v) is 14.4. The van der Waals surface area contributed by atoms with E-state index in [1.54, 1.807) is 6.26 Å². The number of methoxy groups -OCH3 is 2. The van der Waals surface area contributed by atoms with Gasteiger partial charge in [-0.25, -0.2) is 13.6 Å². The van der Waals surface area contributed by atoms with Crippen LogP contribution < -0.4 is 20.4 Å². The van der Waals surface area contributed by atoms with Gasteiger partial charge in [-0.1, -0.05) is 11.8 Å². The second-order valence-electron chi connectivity index (χ2n) is 5.03. The number of anilines is 1. The number of rotatable bonds is 3. The number of halogens is 2. The highest BCUT2D eigenvalue weighted by Crippen LogP contribution is 2.38. The Bertz CT molecular complexity index is 899. The molecule has 0 atom stereocenters. The summed E-state index contributed by atoms with van der Waals surface area (Å²) in [6.45, 7) is 0.196. The van der Waals surface area contributed by atoms with E-state index in [9.17, 15) is 13.6 Å². The van der Waals surface area contributed by atoms with E-state index in [1.807, 2.05) is 0 Å². The molecule has 0 spiro atoms. The summed E-state index contributed by atoms with van der Waals surface area (Å²) in [5.74, 6) is -2.69. The molecule has 132 valence electrons. The van der Waals surface area contributed by atoms with E-state index in [-0.39, 0.29) is 29.5 Å². The number of amidine groups is 1. The van der Waals surface area contributed by atoms with Crippen molar-refractivity contribution in [2.45, 2.75) is 6.54 Å². The molecule has 2 heterocycles. The summed E-state index contributed by atoms with van der Waals surface area (Å²) in [4.78, 5) is 16.5. The van der Waals surface area contributed by atoms with E-state index in [0.717, 1.165) is 6.07 Å². The van der Waals surface area contributed by atoms with Gasteiger partial charge in [0.25, 0.3) is 0 Å². The topological polar surface area (TPSA) is 73.1 Å². The summed E-state index contributed by atoms with van der Waals surface area (Å²) in [6.07, 6.45) is 1.81. The van der Waals surface area contributed by atoms with Gasteiger partial charge in [0.05, 0.1) is 26.3 Å². The molecule has 0 fully saturated rings. The SMILES string of the molecule is COc1cc(OC)c(F)c(-c2cc3c(c(=O)o2)NC(SC)=NC3)c1F. The molecule has 1 aliphatic rings. The van der Waals surface area contributed by atoms with Crippen molar-refractivity contribution >= 4 is 22.6 Å². The van der Waals surface area contributed by atoms with Crippen LogP contribution in [0.2, 0.25) is 0 Å². The smallest absolute Gasteiger partial charge is 0.360 e. The van der Waals surface area contributed by atoms with Crippen molar-refractivity contribution < 1.29 is 22.7 Å². The predicted octanol–water partition coefficient (Wildman–Crippen LogP) is 3.25. The first-order valence-corrected chi connectivity index (χ1v) is 8.35.